The molecule has 0 unspecified atom stereocenters. The maximum atomic E-state index is 12.5. The summed E-state index contributed by atoms with van der Waals surface area (Å²) in [6, 6.07) is 3.15. The molecule has 1 aromatic carbocycles. The molecule has 0 aromatic heterocycles. The van der Waals surface area contributed by atoms with Gasteiger partial charge >= 0.3 is 24.1 Å². The monoisotopic (exact) mass is 578 g/mol. The molecule has 3 amide bonds. The SMILES string of the molecule is CC(C)[C@H](NC(=O)[C@H](CC(=O)O)NC(=O)CN(C)C(=O)c1ccc(NC(=N)N)cc1)C(=O)O.O=C(O)C(F)(F)F. The third-order valence-corrected chi connectivity index (χ3v) is 4.64. The fraction of sp³-hybridized carbons (Fsp3) is 0.409. The average Bonchev–Trinajstić information content (AvgIpc) is 2.80. The van der Waals surface area contributed by atoms with Gasteiger partial charge in [0.15, 0.2) is 5.96 Å². The van der Waals surface area contributed by atoms with Gasteiger partial charge in [-0.15, -0.1) is 0 Å². The van der Waals surface area contributed by atoms with Crippen molar-refractivity contribution in [2.45, 2.75) is 38.5 Å². The minimum absolute atomic E-state index is 0.237. The Labute approximate surface area is 225 Å². The molecule has 2 atom stereocenters. The Bertz CT molecular complexity index is 1110. The molecular formula is C22H29F3N6O9. The van der Waals surface area contributed by atoms with Crippen LogP contribution in [-0.2, 0) is 24.0 Å². The highest BCUT2D eigenvalue weighted by Crippen LogP contribution is 2.13. The summed E-state index contributed by atoms with van der Waals surface area (Å²) in [4.78, 5) is 69.7. The summed E-state index contributed by atoms with van der Waals surface area (Å²) in [7, 11) is 1.34. The number of rotatable bonds is 11. The van der Waals surface area contributed by atoms with Crippen molar-refractivity contribution in [3.63, 3.8) is 0 Å². The summed E-state index contributed by atoms with van der Waals surface area (Å²) in [5.41, 5.74) is 5.96. The second-order valence-electron chi connectivity index (χ2n) is 8.37. The normalized spacial score (nSPS) is 12.1. The van der Waals surface area contributed by atoms with Gasteiger partial charge in [-0.1, -0.05) is 13.8 Å². The Balaban J connectivity index is 0.00000191. The van der Waals surface area contributed by atoms with Crippen molar-refractivity contribution < 1.29 is 57.3 Å². The van der Waals surface area contributed by atoms with Crippen LogP contribution in [0.15, 0.2) is 24.3 Å². The minimum atomic E-state index is -5.08. The zero-order chi connectivity index (χ0) is 31.4. The molecule has 0 aliphatic carbocycles. The highest BCUT2D eigenvalue weighted by atomic mass is 19.4. The second-order valence-corrected chi connectivity index (χ2v) is 8.37. The van der Waals surface area contributed by atoms with Crippen LogP contribution in [0, 0.1) is 11.3 Å². The van der Waals surface area contributed by atoms with Gasteiger partial charge in [-0.3, -0.25) is 24.6 Å². The Morgan fingerprint density at radius 1 is 1.00 bits per heavy atom. The first kappa shape index (κ1) is 35.1. The molecule has 0 saturated carbocycles. The highest BCUT2D eigenvalue weighted by Gasteiger charge is 2.38. The van der Waals surface area contributed by atoms with Crippen molar-refractivity contribution in [1.82, 2.24) is 15.5 Å². The lowest BCUT2D eigenvalue weighted by atomic mass is 10.0. The minimum Gasteiger partial charge on any atom is -0.481 e. The number of anilines is 1. The van der Waals surface area contributed by atoms with Gasteiger partial charge in [-0.05, 0) is 30.2 Å². The lowest BCUT2D eigenvalue weighted by Gasteiger charge is -2.23. The predicted octanol–water partition coefficient (Wildman–Crippen LogP) is -0.118. The maximum absolute atomic E-state index is 12.5. The molecule has 0 aliphatic heterocycles. The molecule has 15 nitrogen and oxygen atoms in total. The van der Waals surface area contributed by atoms with E-state index in [1.54, 1.807) is 13.8 Å². The number of likely N-dealkylation sites (N-methyl/N-ethyl adjacent to an activating group) is 1. The summed E-state index contributed by atoms with van der Waals surface area (Å²) >= 11 is 0. The van der Waals surface area contributed by atoms with E-state index in [-0.39, 0.29) is 11.5 Å². The zero-order valence-electron chi connectivity index (χ0n) is 21.4. The van der Waals surface area contributed by atoms with Gasteiger partial charge in [0.1, 0.15) is 12.1 Å². The first-order chi connectivity index (χ1) is 18.3. The number of carboxylic acid groups (broad SMARTS) is 3. The Kier molecular flexibility index (Phi) is 13.6. The Morgan fingerprint density at radius 3 is 1.88 bits per heavy atom. The first-order valence-corrected chi connectivity index (χ1v) is 11.1. The number of guanidine groups is 1. The van der Waals surface area contributed by atoms with Crippen LogP contribution in [0.1, 0.15) is 30.6 Å². The van der Waals surface area contributed by atoms with Crippen LogP contribution < -0.4 is 21.7 Å². The van der Waals surface area contributed by atoms with Crippen molar-refractivity contribution >= 4 is 47.3 Å². The number of nitrogens with zero attached hydrogens (tertiary/aromatic N) is 1. The third-order valence-electron chi connectivity index (χ3n) is 4.64. The second kappa shape index (κ2) is 15.5. The molecule has 9 N–H and O–H groups in total. The highest BCUT2D eigenvalue weighted by molar-refractivity contribution is 5.98. The van der Waals surface area contributed by atoms with Crippen molar-refractivity contribution in [2.24, 2.45) is 11.7 Å². The maximum Gasteiger partial charge on any atom is 0.490 e. The van der Waals surface area contributed by atoms with Gasteiger partial charge in [0.05, 0.1) is 13.0 Å². The van der Waals surface area contributed by atoms with E-state index in [9.17, 15) is 42.3 Å². The van der Waals surface area contributed by atoms with Crippen LogP contribution in [-0.4, -0.2) is 93.7 Å². The standard InChI is InChI=1S/C20H28N6O7.C2HF3O2/c1-10(2)16(19(32)33)25-17(30)13(8-15(28)29)24-14(27)9-26(3)18(31)11-4-6-12(7-5-11)23-20(21)22;3-2(4,5)1(6)7/h4-7,10,13,16H,8-9H2,1-3H3,(H,24,27)(H,25,30)(H,28,29)(H,32,33)(H4,21,22,23);(H,6,7)/t13-,16-;/m0./s1. The van der Waals surface area contributed by atoms with Crippen molar-refractivity contribution in [2.75, 3.05) is 18.9 Å². The van der Waals surface area contributed by atoms with Crippen LogP contribution in [0.25, 0.3) is 0 Å². The molecule has 222 valence electrons. The van der Waals surface area contributed by atoms with Gasteiger partial charge in [0.2, 0.25) is 11.8 Å². The summed E-state index contributed by atoms with van der Waals surface area (Å²) in [6.45, 7) is 2.64. The van der Waals surface area contributed by atoms with Crippen molar-refractivity contribution in [3.05, 3.63) is 29.8 Å². The van der Waals surface area contributed by atoms with Gasteiger partial charge in [0.25, 0.3) is 5.91 Å². The summed E-state index contributed by atoms with van der Waals surface area (Å²) in [6.07, 6.45) is -5.86. The molecule has 0 radical (unpaired) electrons. The first-order valence-electron chi connectivity index (χ1n) is 11.1. The van der Waals surface area contributed by atoms with Crippen LogP contribution in [0.3, 0.4) is 0 Å². The fourth-order valence-electron chi connectivity index (χ4n) is 2.75. The van der Waals surface area contributed by atoms with E-state index < -0.39 is 72.8 Å². The fourth-order valence-corrected chi connectivity index (χ4v) is 2.75. The lowest BCUT2D eigenvalue weighted by Crippen LogP contribution is -2.54. The lowest BCUT2D eigenvalue weighted by molar-refractivity contribution is -0.192. The number of benzene rings is 1. The number of carbonyl (C=O) groups excluding carboxylic acids is 3. The smallest absolute Gasteiger partial charge is 0.481 e. The van der Waals surface area contributed by atoms with Crippen molar-refractivity contribution in [3.8, 4) is 0 Å². The van der Waals surface area contributed by atoms with Gasteiger partial charge < -0.3 is 41.9 Å². The number of carboxylic acids is 3. The number of amides is 3. The van der Waals surface area contributed by atoms with E-state index in [4.69, 9.17) is 26.2 Å². The number of hydrogen-bond acceptors (Lipinski definition) is 7. The van der Waals surface area contributed by atoms with Crippen LogP contribution >= 0.6 is 0 Å². The molecule has 40 heavy (non-hydrogen) atoms. The summed E-state index contributed by atoms with van der Waals surface area (Å²) in [5.74, 6) is -8.48. The van der Waals surface area contributed by atoms with Crippen molar-refractivity contribution in [1.29, 1.82) is 5.41 Å². The molecule has 18 heteroatoms. The topological polar surface area (TPSA) is 252 Å². The van der Waals surface area contributed by atoms with Crippen LogP contribution in [0.5, 0.6) is 0 Å². The van der Waals surface area contributed by atoms with E-state index in [0.717, 1.165) is 4.90 Å². The largest absolute Gasteiger partial charge is 0.490 e. The van der Waals surface area contributed by atoms with E-state index in [1.165, 1.54) is 31.3 Å². The van der Waals surface area contributed by atoms with Gasteiger partial charge in [0, 0.05) is 18.3 Å². The Hall–Kier alpha value is -4.90. The quantitative estimate of drug-likeness (QED) is 0.127. The van der Waals surface area contributed by atoms with Crippen LogP contribution in [0.4, 0.5) is 18.9 Å². The number of nitrogens with one attached hydrogen (secondary N) is 4. The Morgan fingerprint density at radius 2 is 1.50 bits per heavy atom. The van der Waals surface area contributed by atoms with E-state index in [0.29, 0.717) is 5.69 Å². The summed E-state index contributed by atoms with van der Waals surface area (Å²) < 4.78 is 31.7. The van der Waals surface area contributed by atoms with Crippen LogP contribution in [0.2, 0.25) is 0 Å². The third kappa shape index (κ3) is 13.1. The summed E-state index contributed by atoms with van der Waals surface area (Å²) in [5, 5.41) is 39.6. The molecule has 0 fully saturated rings. The molecule has 0 heterocycles. The molecule has 0 spiro atoms. The number of hydrogen-bond donors (Lipinski definition) is 8. The number of carbonyl (C=O) groups is 6. The van der Waals surface area contributed by atoms with E-state index in [2.05, 4.69) is 16.0 Å². The number of alkyl halides is 3. The molecule has 1 aromatic rings. The van der Waals surface area contributed by atoms with E-state index >= 15 is 0 Å². The molecule has 0 saturated heterocycles. The molecule has 0 bridgehead atoms. The molecular weight excluding hydrogens is 549 g/mol. The number of aliphatic carboxylic acids is 3. The average molecular weight is 579 g/mol. The number of nitrogens with two attached hydrogens (primary N) is 1. The van der Waals surface area contributed by atoms with E-state index in [1.807, 2.05) is 0 Å². The number of halogens is 3. The molecule has 1 rings (SSSR count). The zero-order valence-corrected chi connectivity index (χ0v) is 21.4. The van der Waals surface area contributed by atoms with Gasteiger partial charge in [-0.2, -0.15) is 13.2 Å². The predicted molar refractivity (Wildman–Crippen MR) is 131 cm³/mol. The molecule has 0 aliphatic rings. The van der Waals surface area contributed by atoms with Gasteiger partial charge in [-0.25, -0.2) is 9.59 Å².